The van der Waals surface area contributed by atoms with Gasteiger partial charge >= 0.3 is 0 Å². The number of phenols is 1. The molecule has 0 radical (unpaired) electrons. The summed E-state index contributed by atoms with van der Waals surface area (Å²) in [7, 11) is 0. The van der Waals surface area contributed by atoms with E-state index in [0.717, 1.165) is 51.5 Å². The van der Waals surface area contributed by atoms with E-state index < -0.39 is 0 Å². The zero-order chi connectivity index (χ0) is 23.8. The molecule has 3 atom stereocenters. The predicted octanol–water partition coefficient (Wildman–Crippen LogP) is 5.83. The molecule has 0 saturated carbocycles. The van der Waals surface area contributed by atoms with Gasteiger partial charge in [0, 0.05) is 30.6 Å². The molecular weight excluding hydrogens is 434 g/mol. The third-order valence-electron chi connectivity index (χ3n) is 8.54. The van der Waals surface area contributed by atoms with Gasteiger partial charge in [-0.1, -0.05) is 48.5 Å². The van der Waals surface area contributed by atoms with Crippen molar-refractivity contribution in [2.24, 2.45) is 5.92 Å². The minimum Gasteiger partial charge on any atom is -0.508 e. The van der Waals surface area contributed by atoms with Gasteiger partial charge in [-0.25, -0.2) is 0 Å². The van der Waals surface area contributed by atoms with Crippen molar-refractivity contribution >= 4 is 12.0 Å². The Morgan fingerprint density at radius 2 is 1.71 bits per heavy atom. The highest BCUT2D eigenvalue weighted by atomic mass is 16.5. The van der Waals surface area contributed by atoms with Crippen LogP contribution in [0.15, 0.2) is 72.8 Å². The molecule has 1 N–H and O–H groups in total. The molecule has 0 unspecified atom stereocenters. The fraction of sp³-hybridized carbons (Fsp3) is 0.387. The first-order chi connectivity index (χ1) is 17.1. The van der Waals surface area contributed by atoms with E-state index in [1.165, 1.54) is 27.9 Å². The molecule has 0 aromatic heterocycles. The van der Waals surface area contributed by atoms with Crippen molar-refractivity contribution in [3.63, 3.8) is 0 Å². The van der Waals surface area contributed by atoms with Gasteiger partial charge in [0.15, 0.2) is 0 Å². The van der Waals surface area contributed by atoms with E-state index in [4.69, 9.17) is 4.74 Å². The summed E-state index contributed by atoms with van der Waals surface area (Å²) in [5.74, 6) is 1.11. The second-order valence-corrected chi connectivity index (χ2v) is 10.6. The van der Waals surface area contributed by atoms with Crippen molar-refractivity contribution in [3.05, 3.63) is 95.1 Å². The number of aryl methyl sites for hydroxylation is 1. The van der Waals surface area contributed by atoms with Crippen molar-refractivity contribution in [1.82, 2.24) is 0 Å². The van der Waals surface area contributed by atoms with Crippen LogP contribution in [0.1, 0.15) is 59.8 Å². The second kappa shape index (κ2) is 9.16. The number of carbonyl (C=O) groups is 1. The number of phenolic OH excluding ortho intramolecular Hbond substituents is 1. The lowest BCUT2D eigenvalue weighted by molar-refractivity contribution is -0.111. The van der Waals surface area contributed by atoms with Crippen molar-refractivity contribution in [3.8, 4) is 5.75 Å². The summed E-state index contributed by atoms with van der Waals surface area (Å²) >= 11 is 0. The lowest BCUT2D eigenvalue weighted by Crippen LogP contribution is -2.44. The van der Waals surface area contributed by atoms with E-state index in [0.29, 0.717) is 18.3 Å². The Morgan fingerprint density at radius 1 is 0.943 bits per heavy atom. The van der Waals surface area contributed by atoms with Crippen LogP contribution in [0, 0.1) is 5.92 Å². The number of carbonyl (C=O) groups excluding carboxylic acids is 1. The molecule has 6 rings (SSSR count). The number of piperidine rings is 1. The lowest BCUT2D eigenvalue weighted by atomic mass is 9.69. The summed E-state index contributed by atoms with van der Waals surface area (Å²) in [4.78, 5) is 13.6. The molecule has 180 valence electrons. The maximum atomic E-state index is 11.2. The zero-order valence-corrected chi connectivity index (χ0v) is 20.1. The van der Waals surface area contributed by atoms with Crippen LogP contribution in [0.4, 0.5) is 5.69 Å². The van der Waals surface area contributed by atoms with Crippen LogP contribution in [0.5, 0.6) is 5.75 Å². The van der Waals surface area contributed by atoms with Crippen molar-refractivity contribution < 1.29 is 14.6 Å². The summed E-state index contributed by atoms with van der Waals surface area (Å²) in [6.07, 6.45) is 5.96. The van der Waals surface area contributed by atoms with Crippen LogP contribution >= 0.6 is 0 Å². The Hall–Kier alpha value is -3.11. The molecule has 35 heavy (non-hydrogen) atoms. The van der Waals surface area contributed by atoms with E-state index >= 15 is 0 Å². The monoisotopic (exact) mass is 467 g/mol. The number of aromatic hydroxyl groups is 1. The molecule has 3 aliphatic rings. The van der Waals surface area contributed by atoms with Crippen LogP contribution in [-0.2, 0) is 16.0 Å². The summed E-state index contributed by atoms with van der Waals surface area (Å²) in [5, 5.41) is 10.1. The molecule has 2 heterocycles. The Morgan fingerprint density at radius 3 is 2.43 bits per heavy atom. The summed E-state index contributed by atoms with van der Waals surface area (Å²) < 4.78 is 6.09. The number of ether oxygens (including phenoxy) is 1. The number of aldehydes is 1. The normalized spacial score (nSPS) is 25.4. The van der Waals surface area contributed by atoms with E-state index in [9.17, 15) is 9.90 Å². The average molecular weight is 468 g/mol. The molecule has 4 nitrogen and oxygen atoms in total. The van der Waals surface area contributed by atoms with Crippen LogP contribution < -0.4 is 4.90 Å². The molecule has 2 fully saturated rings. The lowest BCUT2D eigenvalue weighted by Gasteiger charge is -2.40. The second-order valence-electron chi connectivity index (χ2n) is 10.6. The summed E-state index contributed by atoms with van der Waals surface area (Å²) in [6, 6.07) is 25.9. The highest BCUT2D eigenvalue weighted by molar-refractivity contribution is 5.55. The number of hydrogen-bond acceptors (Lipinski definition) is 4. The van der Waals surface area contributed by atoms with E-state index in [1.807, 2.05) is 12.1 Å². The fourth-order valence-electron chi connectivity index (χ4n) is 6.66. The third kappa shape index (κ3) is 4.25. The first kappa shape index (κ1) is 22.4. The molecular formula is C31H33NO3. The van der Waals surface area contributed by atoms with Crippen LogP contribution in [0.25, 0.3) is 0 Å². The molecule has 0 bridgehead atoms. The van der Waals surface area contributed by atoms with Gasteiger partial charge in [0.05, 0.1) is 12.2 Å². The first-order valence-electron chi connectivity index (χ1n) is 12.9. The number of rotatable bonds is 4. The summed E-state index contributed by atoms with van der Waals surface area (Å²) in [6.45, 7) is 2.51. The molecule has 3 aromatic carbocycles. The number of fused-ring (bicyclic) bond motifs is 1. The van der Waals surface area contributed by atoms with E-state index in [2.05, 4.69) is 65.6 Å². The molecule has 0 amide bonds. The van der Waals surface area contributed by atoms with Crippen LogP contribution in [0.3, 0.4) is 0 Å². The first-order valence-corrected chi connectivity index (χ1v) is 12.9. The van der Waals surface area contributed by atoms with Gasteiger partial charge < -0.3 is 19.5 Å². The SMILES string of the molecule is O=C[C@@H]1COC2(CCN(c3ccc([C@H]4c5ccc(O)cc5CC[C@H]4c4ccccc4)cc3)CC2)C1. The van der Waals surface area contributed by atoms with Crippen LogP contribution in [-0.4, -0.2) is 36.7 Å². The molecule has 1 spiro atoms. The smallest absolute Gasteiger partial charge is 0.125 e. The Bertz CT molecular complexity index is 1180. The Labute approximate surface area is 207 Å². The molecule has 1 aliphatic carbocycles. The van der Waals surface area contributed by atoms with E-state index in [-0.39, 0.29) is 17.4 Å². The average Bonchev–Trinajstić information content (AvgIpc) is 3.31. The summed E-state index contributed by atoms with van der Waals surface area (Å²) in [5.41, 5.74) is 6.47. The molecule has 2 saturated heterocycles. The Kier molecular flexibility index (Phi) is 5.85. The van der Waals surface area contributed by atoms with Gasteiger partial charge in [0.25, 0.3) is 0 Å². The highest BCUT2D eigenvalue weighted by Gasteiger charge is 2.42. The molecule has 4 heteroatoms. The number of benzene rings is 3. The molecule has 2 aliphatic heterocycles. The fourth-order valence-corrected chi connectivity index (χ4v) is 6.66. The highest BCUT2D eigenvalue weighted by Crippen LogP contribution is 2.47. The van der Waals surface area contributed by atoms with Gasteiger partial charge in [0.2, 0.25) is 0 Å². The van der Waals surface area contributed by atoms with Gasteiger partial charge in [-0.3, -0.25) is 0 Å². The predicted molar refractivity (Wildman–Crippen MR) is 138 cm³/mol. The maximum absolute atomic E-state index is 11.2. The van der Waals surface area contributed by atoms with Crippen molar-refractivity contribution in [1.29, 1.82) is 0 Å². The number of nitrogens with zero attached hydrogens (tertiary/aromatic N) is 1. The van der Waals surface area contributed by atoms with E-state index in [1.54, 1.807) is 0 Å². The molecule has 3 aromatic rings. The van der Waals surface area contributed by atoms with Gasteiger partial charge in [0.1, 0.15) is 12.0 Å². The quantitative estimate of drug-likeness (QED) is 0.491. The third-order valence-corrected chi connectivity index (χ3v) is 8.54. The van der Waals surface area contributed by atoms with Crippen LogP contribution in [0.2, 0.25) is 0 Å². The zero-order valence-electron chi connectivity index (χ0n) is 20.1. The van der Waals surface area contributed by atoms with Crippen molar-refractivity contribution in [2.45, 2.75) is 49.5 Å². The maximum Gasteiger partial charge on any atom is 0.125 e. The van der Waals surface area contributed by atoms with Gasteiger partial charge in [-0.05, 0) is 84.5 Å². The van der Waals surface area contributed by atoms with Crippen molar-refractivity contribution in [2.75, 3.05) is 24.6 Å². The standard InChI is InChI=1S/C31H33NO3/c33-20-22-19-31(35-21-22)14-16-32(17-15-31)26-9-6-24(7-10-26)30-28(23-4-2-1-3-5-23)12-8-25-18-27(34)11-13-29(25)30/h1-7,9-11,13,18,20,22,28,30,34H,8,12,14-17,19,21H2/t22-,28+,30-/m1/s1. The number of anilines is 1. The van der Waals surface area contributed by atoms with Gasteiger partial charge in [-0.2, -0.15) is 0 Å². The van der Waals surface area contributed by atoms with Gasteiger partial charge in [-0.15, -0.1) is 0 Å². The topological polar surface area (TPSA) is 49.8 Å². The minimum absolute atomic E-state index is 0.0682. The largest absolute Gasteiger partial charge is 0.508 e. The minimum atomic E-state index is -0.0950. The Balaban J connectivity index is 1.25. The number of hydrogen-bond donors (Lipinski definition) is 1.